The second kappa shape index (κ2) is 9.51. The van der Waals surface area contributed by atoms with Crippen LogP contribution >= 0.6 is 0 Å². The van der Waals surface area contributed by atoms with E-state index in [-0.39, 0.29) is 6.61 Å². The number of nitrogens with zero attached hydrogens (tertiary/aromatic N) is 2. The molecule has 1 N–H and O–H groups in total. The van der Waals surface area contributed by atoms with Crippen LogP contribution < -0.4 is 14.8 Å². The lowest BCUT2D eigenvalue weighted by Crippen LogP contribution is -2.38. The van der Waals surface area contributed by atoms with Gasteiger partial charge in [-0.1, -0.05) is 30.2 Å². The summed E-state index contributed by atoms with van der Waals surface area (Å²) in [6.45, 7) is 3.22. The van der Waals surface area contributed by atoms with Crippen molar-refractivity contribution in [1.82, 2.24) is 9.88 Å². The molecule has 0 aliphatic carbocycles. The van der Waals surface area contributed by atoms with Crippen LogP contribution in [0.2, 0.25) is 0 Å². The van der Waals surface area contributed by atoms with Gasteiger partial charge < -0.3 is 14.8 Å². The first kappa shape index (κ1) is 20.1. The van der Waals surface area contributed by atoms with E-state index >= 15 is 0 Å². The lowest BCUT2D eigenvalue weighted by Gasteiger charge is -2.33. The molecule has 4 rings (SSSR count). The first-order chi connectivity index (χ1) is 14.7. The maximum absolute atomic E-state index is 5.63. The summed E-state index contributed by atoms with van der Waals surface area (Å²) in [5.41, 5.74) is 3.33. The molecule has 1 fully saturated rings. The molecule has 1 aromatic heterocycles. The van der Waals surface area contributed by atoms with Gasteiger partial charge in [-0.25, -0.2) is 0 Å². The zero-order valence-electron chi connectivity index (χ0n) is 17.3. The molecule has 0 amide bonds. The molecule has 154 valence electrons. The molecule has 2 heterocycles. The van der Waals surface area contributed by atoms with Gasteiger partial charge in [0.1, 0.15) is 6.61 Å². The number of likely N-dealkylation sites (tertiary alicyclic amines) is 1. The normalized spacial score (nSPS) is 14.9. The highest BCUT2D eigenvalue weighted by atomic mass is 16.5. The summed E-state index contributed by atoms with van der Waals surface area (Å²) < 4.78 is 11.0. The lowest BCUT2D eigenvalue weighted by molar-refractivity contribution is 0.211. The van der Waals surface area contributed by atoms with E-state index in [0.29, 0.717) is 17.5 Å². The number of benzene rings is 2. The largest absolute Gasteiger partial charge is 0.493 e. The van der Waals surface area contributed by atoms with E-state index in [9.17, 15) is 0 Å². The number of terminal acetylenes is 1. The Hall–Kier alpha value is -3.23. The fourth-order valence-electron chi connectivity index (χ4n) is 3.93. The Labute approximate surface area is 178 Å². The number of methoxy groups -OCH3 is 1. The van der Waals surface area contributed by atoms with Crippen molar-refractivity contribution in [3.05, 3.63) is 60.3 Å². The number of hydrogen-bond acceptors (Lipinski definition) is 5. The number of para-hydroxylation sites is 1. The van der Waals surface area contributed by atoms with Gasteiger partial charge in [0.25, 0.3) is 0 Å². The summed E-state index contributed by atoms with van der Waals surface area (Å²) >= 11 is 0. The molecule has 30 heavy (non-hydrogen) atoms. The molecule has 1 aliphatic heterocycles. The average Bonchev–Trinajstić information content (AvgIpc) is 2.79. The van der Waals surface area contributed by atoms with Gasteiger partial charge in [-0.05, 0) is 42.7 Å². The number of pyridine rings is 1. The summed E-state index contributed by atoms with van der Waals surface area (Å²) in [4.78, 5) is 7.03. The van der Waals surface area contributed by atoms with Crippen LogP contribution in [0.5, 0.6) is 11.5 Å². The van der Waals surface area contributed by atoms with Gasteiger partial charge in [0, 0.05) is 31.1 Å². The third-order valence-corrected chi connectivity index (χ3v) is 5.49. The maximum Gasteiger partial charge on any atom is 0.162 e. The van der Waals surface area contributed by atoms with Crippen molar-refractivity contribution in [3.63, 3.8) is 0 Å². The minimum atomic E-state index is 0.237. The zero-order chi connectivity index (χ0) is 20.8. The molecule has 1 saturated heterocycles. The fraction of sp³-hybridized carbons (Fsp3) is 0.320. The van der Waals surface area contributed by atoms with Crippen LogP contribution in [0.1, 0.15) is 18.4 Å². The monoisotopic (exact) mass is 401 g/mol. The smallest absolute Gasteiger partial charge is 0.162 e. The van der Waals surface area contributed by atoms with Crippen molar-refractivity contribution in [3.8, 4) is 23.8 Å². The minimum absolute atomic E-state index is 0.237. The Balaban J connectivity index is 1.32. The van der Waals surface area contributed by atoms with E-state index in [0.717, 1.165) is 43.7 Å². The van der Waals surface area contributed by atoms with Crippen LogP contribution in [0, 0.1) is 12.3 Å². The summed E-state index contributed by atoms with van der Waals surface area (Å²) in [6.07, 6.45) is 9.45. The van der Waals surface area contributed by atoms with E-state index in [1.54, 1.807) is 7.11 Å². The molecule has 5 heteroatoms. The molecule has 0 bridgehead atoms. The summed E-state index contributed by atoms with van der Waals surface area (Å²) in [5, 5.41) is 4.83. The van der Waals surface area contributed by atoms with E-state index in [1.165, 1.54) is 10.9 Å². The summed E-state index contributed by atoms with van der Waals surface area (Å²) in [6, 6.07) is 16.9. The molecule has 1 aliphatic rings. The first-order valence-corrected chi connectivity index (χ1v) is 10.3. The third kappa shape index (κ3) is 4.84. The molecule has 0 atom stereocenters. The fourth-order valence-corrected chi connectivity index (χ4v) is 3.93. The second-order valence-electron chi connectivity index (χ2n) is 7.59. The van der Waals surface area contributed by atoms with Crippen molar-refractivity contribution in [2.45, 2.75) is 25.4 Å². The molecule has 3 aromatic rings. The zero-order valence-corrected chi connectivity index (χ0v) is 17.3. The van der Waals surface area contributed by atoms with Crippen LogP contribution in [0.3, 0.4) is 0 Å². The standard InChI is InChI=1S/C25H27N3O2/c1-3-14-30-25-15-19(8-9-24(25)29-2)18-28-12-10-21(11-13-28)27-22-16-20-6-4-5-7-23(20)26-17-22/h1,4-9,15-17,21,27H,10-14,18H2,2H3. The number of anilines is 1. The van der Waals surface area contributed by atoms with Gasteiger partial charge in [-0.3, -0.25) is 9.88 Å². The predicted octanol–water partition coefficient (Wildman–Crippen LogP) is 4.33. The Morgan fingerprint density at radius 3 is 2.77 bits per heavy atom. The summed E-state index contributed by atoms with van der Waals surface area (Å²) in [7, 11) is 1.64. The highest BCUT2D eigenvalue weighted by molar-refractivity contribution is 5.81. The van der Waals surface area contributed by atoms with Crippen LogP contribution in [0.15, 0.2) is 54.7 Å². The molecular weight excluding hydrogens is 374 g/mol. The highest BCUT2D eigenvalue weighted by Crippen LogP contribution is 2.29. The Bertz CT molecular complexity index is 1040. The minimum Gasteiger partial charge on any atom is -0.493 e. The quantitative estimate of drug-likeness (QED) is 0.597. The van der Waals surface area contributed by atoms with E-state index < -0.39 is 0 Å². The van der Waals surface area contributed by atoms with Gasteiger partial charge in [-0.15, -0.1) is 6.42 Å². The Morgan fingerprint density at radius 1 is 1.13 bits per heavy atom. The van der Waals surface area contributed by atoms with Crippen LogP contribution in [0.25, 0.3) is 10.9 Å². The van der Waals surface area contributed by atoms with Crippen molar-refractivity contribution in [2.24, 2.45) is 0 Å². The van der Waals surface area contributed by atoms with E-state index in [4.69, 9.17) is 15.9 Å². The maximum atomic E-state index is 5.63. The average molecular weight is 402 g/mol. The molecule has 0 spiro atoms. The molecule has 0 unspecified atom stereocenters. The van der Waals surface area contributed by atoms with E-state index in [1.807, 2.05) is 30.5 Å². The number of nitrogens with one attached hydrogen (secondary N) is 1. The van der Waals surface area contributed by atoms with Crippen LogP contribution in [0.4, 0.5) is 5.69 Å². The second-order valence-corrected chi connectivity index (χ2v) is 7.59. The molecular formula is C25H27N3O2. The van der Waals surface area contributed by atoms with Crippen molar-refractivity contribution in [1.29, 1.82) is 0 Å². The molecule has 5 nitrogen and oxygen atoms in total. The van der Waals surface area contributed by atoms with Gasteiger partial charge in [0.05, 0.1) is 24.5 Å². The van der Waals surface area contributed by atoms with Gasteiger partial charge in [-0.2, -0.15) is 0 Å². The number of hydrogen-bond donors (Lipinski definition) is 1. The van der Waals surface area contributed by atoms with Crippen LogP contribution in [-0.2, 0) is 6.54 Å². The molecule has 2 aromatic carbocycles. The third-order valence-electron chi connectivity index (χ3n) is 5.49. The van der Waals surface area contributed by atoms with Crippen molar-refractivity contribution in [2.75, 3.05) is 32.1 Å². The number of piperidine rings is 1. The first-order valence-electron chi connectivity index (χ1n) is 10.3. The molecule has 0 saturated carbocycles. The van der Waals surface area contributed by atoms with Crippen molar-refractivity contribution >= 4 is 16.6 Å². The molecule has 0 radical (unpaired) electrons. The van der Waals surface area contributed by atoms with Gasteiger partial charge >= 0.3 is 0 Å². The number of aromatic nitrogens is 1. The number of rotatable bonds is 7. The summed E-state index contributed by atoms with van der Waals surface area (Å²) in [5.74, 6) is 3.91. The Kier molecular flexibility index (Phi) is 6.36. The van der Waals surface area contributed by atoms with E-state index in [2.05, 4.69) is 45.4 Å². The number of fused-ring (bicyclic) bond motifs is 1. The SMILES string of the molecule is C#CCOc1cc(CN2CCC(Nc3cnc4ccccc4c3)CC2)ccc1OC. The van der Waals surface area contributed by atoms with Gasteiger partial charge in [0.15, 0.2) is 11.5 Å². The number of ether oxygens (including phenoxy) is 2. The highest BCUT2D eigenvalue weighted by Gasteiger charge is 2.20. The van der Waals surface area contributed by atoms with Crippen LogP contribution in [-0.4, -0.2) is 42.7 Å². The Morgan fingerprint density at radius 2 is 1.97 bits per heavy atom. The predicted molar refractivity (Wildman–Crippen MR) is 121 cm³/mol. The topological polar surface area (TPSA) is 46.6 Å². The lowest BCUT2D eigenvalue weighted by atomic mass is 10.0. The van der Waals surface area contributed by atoms with Gasteiger partial charge in [0.2, 0.25) is 0 Å². The van der Waals surface area contributed by atoms with Crippen molar-refractivity contribution < 1.29 is 9.47 Å².